The van der Waals surface area contributed by atoms with E-state index in [4.69, 9.17) is 43.2 Å². The maximum atomic E-state index is 15.4. The van der Waals surface area contributed by atoms with E-state index >= 15 is 13.2 Å². The highest BCUT2D eigenvalue weighted by atomic mass is 19.4. The van der Waals surface area contributed by atoms with Crippen molar-refractivity contribution in [2.45, 2.75) is 146 Å². The highest BCUT2D eigenvalue weighted by Gasteiger charge is 2.77. The third-order valence-corrected chi connectivity index (χ3v) is 13.4. The number of aliphatic imine (C=N–C) groups is 1. The first kappa shape index (κ1) is 35.3. The Morgan fingerprint density at radius 2 is 1.32 bits per heavy atom. The molecular formula is C34H45F6NO9. The second kappa shape index (κ2) is 11.2. The Balaban J connectivity index is 1.15. The van der Waals surface area contributed by atoms with Crippen molar-refractivity contribution in [2.24, 2.45) is 46.4 Å². The summed E-state index contributed by atoms with van der Waals surface area (Å²) in [6.45, 7) is 9.10. The van der Waals surface area contributed by atoms with Crippen LogP contribution in [0.25, 0.3) is 0 Å². The first-order valence-corrected chi connectivity index (χ1v) is 17.8. The monoisotopic (exact) mass is 725 g/mol. The van der Waals surface area contributed by atoms with Gasteiger partial charge < -0.3 is 23.7 Å². The highest BCUT2D eigenvalue weighted by molar-refractivity contribution is 5.74. The molecule has 2 aliphatic carbocycles. The maximum absolute atomic E-state index is 15.4. The van der Waals surface area contributed by atoms with Gasteiger partial charge >= 0.3 is 12.4 Å². The molecule has 9 fully saturated rings. The summed E-state index contributed by atoms with van der Waals surface area (Å²) in [7, 11) is 0. The van der Waals surface area contributed by atoms with Crippen LogP contribution in [-0.2, 0) is 43.2 Å². The van der Waals surface area contributed by atoms with Crippen molar-refractivity contribution in [1.82, 2.24) is 0 Å². The molecule has 8 heterocycles. The van der Waals surface area contributed by atoms with Gasteiger partial charge in [-0.05, 0) is 70.1 Å². The predicted molar refractivity (Wildman–Crippen MR) is 158 cm³/mol. The first-order chi connectivity index (χ1) is 23.3. The van der Waals surface area contributed by atoms with Crippen molar-refractivity contribution < 1.29 is 69.6 Å². The molecule has 7 saturated heterocycles. The van der Waals surface area contributed by atoms with Gasteiger partial charge in [0.05, 0.1) is 0 Å². The number of allylic oxidation sites excluding steroid dienone is 1. The molecule has 10 rings (SSSR count). The molecule has 2 saturated carbocycles. The van der Waals surface area contributed by atoms with E-state index in [0.29, 0.717) is 44.9 Å². The lowest BCUT2D eigenvalue weighted by Gasteiger charge is -2.62. The van der Waals surface area contributed by atoms with Crippen LogP contribution in [0, 0.1) is 41.4 Å². The molecule has 0 amide bonds. The van der Waals surface area contributed by atoms with Gasteiger partial charge in [0.2, 0.25) is 23.6 Å². The predicted octanol–water partition coefficient (Wildman–Crippen LogP) is 7.62. The lowest BCUT2D eigenvalue weighted by molar-refractivity contribution is -0.583. The van der Waals surface area contributed by atoms with Crippen molar-refractivity contribution in [1.29, 1.82) is 0 Å². The third kappa shape index (κ3) is 4.83. The Kier molecular flexibility index (Phi) is 7.90. The van der Waals surface area contributed by atoms with Gasteiger partial charge in [0.25, 0.3) is 5.72 Å². The molecule has 16 heteroatoms. The van der Waals surface area contributed by atoms with Gasteiger partial charge in [0.15, 0.2) is 23.4 Å². The third-order valence-electron chi connectivity index (χ3n) is 13.4. The molecule has 4 bridgehead atoms. The zero-order valence-corrected chi connectivity index (χ0v) is 28.9. The second-order valence-electron chi connectivity index (χ2n) is 16.3. The topological polar surface area (TPSA) is 95.4 Å². The maximum Gasteiger partial charge on any atom is 0.449 e. The number of fused-ring (bicyclic) bond motifs is 4. The first-order valence-electron chi connectivity index (χ1n) is 17.8. The number of rotatable bonds is 3. The molecule has 10 nitrogen and oxygen atoms in total. The van der Waals surface area contributed by atoms with Gasteiger partial charge in [-0.2, -0.15) is 26.3 Å². The lowest BCUT2D eigenvalue weighted by atomic mass is 9.56. The highest BCUT2D eigenvalue weighted by Crippen LogP contribution is 2.65. The van der Waals surface area contributed by atoms with E-state index in [1.54, 1.807) is 13.8 Å². The van der Waals surface area contributed by atoms with Crippen LogP contribution in [-0.4, -0.2) is 65.9 Å². The van der Waals surface area contributed by atoms with Crippen molar-refractivity contribution in [3.05, 3.63) is 11.3 Å². The normalized spacial score (nSPS) is 51.7. The molecule has 0 radical (unpaired) electrons. The summed E-state index contributed by atoms with van der Waals surface area (Å²) < 4.78 is 120. The Labute approximate surface area is 286 Å². The minimum absolute atomic E-state index is 0.0586. The van der Waals surface area contributed by atoms with Gasteiger partial charge in [-0.25, -0.2) is 24.5 Å². The average molecular weight is 726 g/mol. The van der Waals surface area contributed by atoms with Crippen LogP contribution in [0.15, 0.2) is 16.3 Å². The van der Waals surface area contributed by atoms with Crippen LogP contribution in [0.4, 0.5) is 26.3 Å². The van der Waals surface area contributed by atoms with Gasteiger partial charge in [0.1, 0.15) is 6.61 Å². The zero-order chi connectivity index (χ0) is 35.9. The van der Waals surface area contributed by atoms with Crippen LogP contribution in [0.2, 0.25) is 0 Å². The van der Waals surface area contributed by atoms with E-state index in [9.17, 15) is 13.2 Å². The quantitative estimate of drug-likeness (QED) is 0.126. The van der Waals surface area contributed by atoms with E-state index in [0.717, 1.165) is 0 Å². The molecule has 14 atom stereocenters. The van der Waals surface area contributed by atoms with Crippen molar-refractivity contribution in [3.8, 4) is 0 Å². The summed E-state index contributed by atoms with van der Waals surface area (Å²) in [5, 5.41) is 0. The molecule has 0 N–H and O–H groups in total. The standard InChI is InChI=1S/C34H45F6NO9/c1-16-7-9-23-18(3)32(34(38,39)40,46-27-30(23)21(16)11-14-29(6,45-27)48-49-30)41-19(4)42-15-20-24-10-8-17(2)22-12-13-28(5)44-26(31(22,24)50-47-28)43-25(20)33(35,36)37/h16-18,21-24,26-27H,7-15H2,1-6H3/b41-19-/t16-,17-,18-,21?,22?,23+,24+,26-,27+,28+,29+,30-,31-,32-/m1/s1. The number of ether oxygens (including phenoxy) is 5. The molecule has 50 heavy (non-hydrogen) atoms. The molecule has 0 aromatic rings. The van der Waals surface area contributed by atoms with E-state index < -0.39 is 89.5 Å². The fourth-order valence-electron chi connectivity index (χ4n) is 10.8. The minimum Gasteiger partial charge on any atom is -0.477 e. The summed E-state index contributed by atoms with van der Waals surface area (Å²) >= 11 is 0. The van der Waals surface area contributed by atoms with Crippen LogP contribution < -0.4 is 0 Å². The molecule has 0 aromatic carbocycles. The molecule has 0 aromatic heterocycles. The molecule has 2 spiro atoms. The minimum atomic E-state index is -5.06. The van der Waals surface area contributed by atoms with Crippen molar-refractivity contribution in [2.75, 3.05) is 6.61 Å². The van der Waals surface area contributed by atoms with E-state index in [1.165, 1.54) is 13.8 Å². The molecule has 282 valence electrons. The number of alkyl halides is 6. The second-order valence-corrected chi connectivity index (χ2v) is 16.3. The Morgan fingerprint density at radius 3 is 1.94 bits per heavy atom. The summed E-state index contributed by atoms with van der Waals surface area (Å²) in [5.41, 5.74) is -6.13. The zero-order valence-electron chi connectivity index (χ0n) is 28.9. The van der Waals surface area contributed by atoms with E-state index in [-0.39, 0.29) is 35.7 Å². The largest absolute Gasteiger partial charge is 0.477 e. The van der Waals surface area contributed by atoms with Crippen molar-refractivity contribution in [3.63, 3.8) is 0 Å². The Bertz CT molecular complexity index is 1460. The smallest absolute Gasteiger partial charge is 0.449 e. The van der Waals surface area contributed by atoms with Gasteiger partial charge in [0, 0.05) is 49.0 Å². The number of halogens is 6. The number of nitrogens with zero attached hydrogens (tertiary/aromatic N) is 1. The lowest BCUT2D eigenvalue weighted by Crippen LogP contribution is -2.75. The fourth-order valence-corrected chi connectivity index (χ4v) is 10.8. The number of hydrogen-bond donors (Lipinski definition) is 0. The molecule has 10 aliphatic rings. The van der Waals surface area contributed by atoms with Gasteiger partial charge in [-0.3, -0.25) is 0 Å². The molecular weight excluding hydrogens is 680 g/mol. The molecule has 2 unspecified atom stereocenters. The summed E-state index contributed by atoms with van der Waals surface area (Å²) in [6, 6.07) is 0. The van der Waals surface area contributed by atoms with E-state index in [2.05, 4.69) is 4.99 Å². The van der Waals surface area contributed by atoms with Crippen LogP contribution >= 0.6 is 0 Å². The SMILES string of the molecule is C/C(=N/[C@@]1(C(F)(F)F)O[C@@H]2O[C@]3(C)CCC4[C@H](C)CC[C@@H]([C@H]1C)[C@]42OO3)OCC1=C(C(F)(F)F)O[C@@H]2O[C@]3(C)CCC4[C@H](C)CC[C@@H]1[C@]42OO3. The van der Waals surface area contributed by atoms with Gasteiger partial charge in [-0.1, -0.05) is 20.8 Å². The Morgan fingerprint density at radius 1 is 0.740 bits per heavy atom. The molecule has 8 aliphatic heterocycles. The average Bonchev–Trinajstić information content (AvgIpc) is 3.40. The summed E-state index contributed by atoms with van der Waals surface area (Å²) in [4.78, 5) is 27.5. The van der Waals surface area contributed by atoms with Crippen LogP contribution in [0.5, 0.6) is 0 Å². The summed E-state index contributed by atoms with van der Waals surface area (Å²) in [6.07, 6.45) is -9.03. The fraction of sp³-hybridized carbons (Fsp3) is 0.912. The Hall–Kier alpha value is -1.69. The van der Waals surface area contributed by atoms with Crippen LogP contribution in [0.1, 0.15) is 92.9 Å². The van der Waals surface area contributed by atoms with Gasteiger partial charge in [-0.15, -0.1) is 0 Å². The van der Waals surface area contributed by atoms with Crippen LogP contribution in [0.3, 0.4) is 0 Å². The van der Waals surface area contributed by atoms with Crippen molar-refractivity contribution >= 4 is 5.90 Å². The van der Waals surface area contributed by atoms with E-state index in [1.807, 2.05) is 13.8 Å². The number of hydrogen-bond acceptors (Lipinski definition) is 10. The summed E-state index contributed by atoms with van der Waals surface area (Å²) in [5.74, 6) is -7.65.